The average molecular weight is 453 g/mol. The van der Waals surface area contributed by atoms with Crippen molar-refractivity contribution in [1.82, 2.24) is 9.55 Å². The van der Waals surface area contributed by atoms with Gasteiger partial charge in [-0.25, -0.2) is 9.18 Å². The van der Waals surface area contributed by atoms with Crippen molar-refractivity contribution in [2.75, 3.05) is 13.4 Å². The molecule has 168 valence electrons. The average Bonchev–Trinajstić information content (AvgIpc) is 2.80. The SMILES string of the molecule is CC(C)(C)C(=O)OCO[P+](=O)OC[C@@]1(F)OC(n2ccc(=O)[nH]c2=O)[C@](C)(O)[C@@H]1O. The Morgan fingerprint density at radius 3 is 2.60 bits per heavy atom. The van der Waals surface area contributed by atoms with E-state index in [2.05, 4.69) is 9.05 Å². The normalized spacial score (nSPS) is 29.6. The molecule has 1 saturated heterocycles. The van der Waals surface area contributed by atoms with Gasteiger partial charge in [0.15, 0.2) is 12.8 Å². The number of esters is 1. The van der Waals surface area contributed by atoms with E-state index >= 15 is 4.39 Å². The number of nitrogens with zero attached hydrogens (tertiary/aromatic N) is 1. The van der Waals surface area contributed by atoms with Crippen LogP contribution in [0.5, 0.6) is 0 Å². The maximum Gasteiger partial charge on any atom is 0.701 e. The second-order valence-corrected chi connectivity index (χ2v) is 8.79. The molecule has 2 rings (SSSR count). The largest absolute Gasteiger partial charge is 0.701 e. The Bertz CT molecular complexity index is 924. The number of hydrogen-bond donors (Lipinski definition) is 3. The van der Waals surface area contributed by atoms with Crippen LogP contribution in [-0.4, -0.2) is 56.7 Å². The van der Waals surface area contributed by atoms with Gasteiger partial charge in [0.25, 0.3) is 11.4 Å². The van der Waals surface area contributed by atoms with Crippen LogP contribution >= 0.6 is 8.25 Å². The minimum absolute atomic E-state index is 0.632. The van der Waals surface area contributed by atoms with Crippen molar-refractivity contribution in [3.63, 3.8) is 0 Å². The Hall–Kier alpha value is -2.02. The summed E-state index contributed by atoms with van der Waals surface area (Å²) in [5.41, 5.74) is -4.89. The van der Waals surface area contributed by atoms with E-state index in [0.717, 1.165) is 19.2 Å². The van der Waals surface area contributed by atoms with E-state index in [4.69, 9.17) is 9.47 Å². The van der Waals surface area contributed by atoms with Crippen molar-refractivity contribution in [3.8, 4) is 0 Å². The van der Waals surface area contributed by atoms with Gasteiger partial charge in [-0.05, 0) is 27.7 Å². The van der Waals surface area contributed by atoms with Crippen molar-refractivity contribution >= 4 is 14.2 Å². The second-order valence-electron chi connectivity index (χ2n) is 7.83. The van der Waals surface area contributed by atoms with Gasteiger partial charge >= 0.3 is 19.9 Å². The maximum absolute atomic E-state index is 15.1. The molecule has 1 aliphatic rings. The lowest BCUT2D eigenvalue weighted by Gasteiger charge is -2.27. The zero-order chi connectivity index (χ0) is 22.9. The van der Waals surface area contributed by atoms with Crippen LogP contribution in [0.3, 0.4) is 0 Å². The summed E-state index contributed by atoms with van der Waals surface area (Å²) in [6, 6.07) is 0.936. The first-order valence-electron chi connectivity index (χ1n) is 8.67. The molecule has 2 unspecified atom stereocenters. The number of hydrogen-bond acceptors (Lipinski definition) is 10. The van der Waals surface area contributed by atoms with Crippen LogP contribution in [-0.2, 0) is 27.9 Å². The number of aromatic nitrogens is 2. The molecule has 0 aliphatic carbocycles. The number of alkyl halides is 1. The smallest absolute Gasteiger partial charge is 0.433 e. The topological polar surface area (TPSA) is 166 Å². The molecule has 0 saturated carbocycles. The molecule has 0 spiro atoms. The zero-order valence-corrected chi connectivity index (χ0v) is 17.6. The van der Waals surface area contributed by atoms with Gasteiger partial charge in [-0.2, -0.15) is 0 Å². The Balaban J connectivity index is 2.02. The Labute approximate surface area is 170 Å². The van der Waals surface area contributed by atoms with Crippen molar-refractivity contribution < 1.29 is 42.5 Å². The summed E-state index contributed by atoms with van der Waals surface area (Å²) in [6.45, 7) is 3.90. The van der Waals surface area contributed by atoms with Crippen molar-refractivity contribution in [2.45, 2.75) is 51.5 Å². The number of aromatic amines is 1. The fourth-order valence-corrected chi connectivity index (χ4v) is 3.02. The number of halogens is 1. The van der Waals surface area contributed by atoms with Crippen LogP contribution in [0.4, 0.5) is 4.39 Å². The van der Waals surface area contributed by atoms with Crippen molar-refractivity contribution in [1.29, 1.82) is 0 Å². The molecule has 0 aromatic carbocycles. The standard InChI is InChI=1S/C16H22FN2O10P/c1-14(2,3)12(22)26-8-28-30(25)27-7-16(17)10(21)15(4,24)11(29-16)19-6-5-9(20)18-13(19)23/h5-6,10-11,21,24H,7-8H2,1-4H3/p+1/t10-,11?,15+,16+/m0/s1. The third-order valence-corrected chi connectivity index (χ3v) is 4.86. The van der Waals surface area contributed by atoms with E-state index in [1.165, 1.54) is 0 Å². The van der Waals surface area contributed by atoms with E-state index in [-0.39, 0.29) is 0 Å². The highest BCUT2D eigenvalue weighted by Gasteiger charge is 2.64. The highest BCUT2D eigenvalue weighted by Crippen LogP contribution is 2.45. The molecule has 12 nitrogen and oxygen atoms in total. The first-order chi connectivity index (χ1) is 13.7. The Kier molecular flexibility index (Phi) is 6.96. The van der Waals surface area contributed by atoms with E-state index in [1.807, 2.05) is 4.98 Å². The molecule has 2 heterocycles. The zero-order valence-electron chi connectivity index (χ0n) is 16.7. The quantitative estimate of drug-likeness (QED) is 0.292. The van der Waals surface area contributed by atoms with Gasteiger partial charge in [0, 0.05) is 16.8 Å². The highest BCUT2D eigenvalue weighted by atomic mass is 31.1. The lowest BCUT2D eigenvalue weighted by molar-refractivity contribution is -0.204. The molecule has 1 aromatic rings. The summed E-state index contributed by atoms with van der Waals surface area (Å²) in [5.74, 6) is -3.71. The van der Waals surface area contributed by atoms with Crippen molar-refractivity contribution in [3.05, 3.63) is 33.1 Å². The summed E-state index contributed by atoms with van der Waals surface area (Å²) in [4.78, 5) is 36.6. The molecule has 0 radical (unpaired) electrons. The molecule has 30 heavy (non-hydrogen) atoms. The summed E-state index contributed by atoms with van der Waals surface area (Å²) in [6.07, 6.45) is -3.01. The van der Waals surface area contributed by atoms with Crippen LogP contribution in [0.25, 0.3) is 0 Å². The van der Waals surface area contributed by atoms with E-state index in [0.29, 0.717) is 4.57 Å². The summed E-state index contributed by atoms with van der Waals surface area (Å²) in [7, 11) is -2.98. The van der Waals surface area contributed by atoms with Gasteiger partial charge < -0.3 is 19.7 Å². The second kappa shape index (κ2) is 8.61. The predicted octanol–water partition coefficient (Wildman–Crippen LogP) is 0.0805. The number of ether oxygens (including phenoxy) is 2. The van der Waals surface area contributed by atoms with E-state index in [1.54, 1.807) is 20.8 Å². The minimum Gasteiger partial charge on any atom is -0.433 e. The molecule has 1 aliphatic heterocycles. The first-order valence-corrected chi connectivity index (χ1v) is 9.77. The van der Waals surface area contributed by atoms with Gasteiger partial charge in [0.05, 0.1) is 5.41 Å². The van der Waals surface area contributed by atoms with Crippen LogP contribution < -0.4 is 11.2 Å². The van der Waals surface area contributed by atoms with Gasteiger partial charge in [-0.1, -0.05) is 4.52 Å². The molecule has 1 fully saturated rings. The van der Waals surface area contributed by atoms with Gasteiger partial charge in [-0.3, -0.25) is 19.1 Å². The summed E-state index contributed by atoms with van der Waals surface area (Å²) < 4.78 is 46.5. The third kappa shape index (κ3) is 5.17. The maximum atomic E-state index is 15.1. The number of H-pyrrole nitrogens is 1. The molecule has 1 aromatic heterocycles. The van der Waals surface area contributed by atoms with Gasteiger partial charge in [-0.15, -0.1) is 4.52 Å². The Morgan fingerprint density at radius 2 is 2.03 bits per heavy atom. The number of carbonyl (C=O) groups excluding carboxylic acids is 1. The van der Waals surface area contributed by atoms with Gasteiger partial charge in [0.2, 0.25) is 6.79 Å². The summed E-state index contributed by atoms with van der Waals surface area (Å²) in [5, 5.41) is 20.6. The molecule has 0 bridgehead atoms. The molecule has 14 heteroatoms. The molecule has 0 amide bonds. The van der Waals surface area contributed by atoms with E-state index in [9.17, 15) is 29.2 Å². The lowest BCUT2D eigenvalue weighted by atomic mass is 9.95. The molecular formula is C16H23FN2O10P+. The third-order valence-electron chi connectivity index (χ3n) is 4.20. The number of aliphatic hydroxyl groups is 2. The van der Waals surface area contributed by atoms with Crippen LogP contribution in [0.2, 0.25) is 0 Å². The van der Waals surface area contributed by atoms with Crippen LogP contribution in [0.1, 0.15) is 33.9 Å². The lowest BCUT2D eigenvalue weighted by Crippen LogP contribution is -2.49. The monoisotopic (exact) mass is 453 g/mol. The fourth-order valence-electron chi connectivity index (χ4n) is 2.52. The first kappa shape index (κ1) is 24.3. The minimum atomic E-state index is -3.08. The predicted molar refractivity (Wildman–Crippen MR) is 97.0 cm³/mol. The van der Waals surface area contributed by atoms with Crippen LogP contribution in [0.15, 0.2) is 21.9 Å². The van der Waals surface area contributed by atoms with Crippen LogP contribution in [0, 0.1) is 5.41 Å². The molecule has 5 atom stereocenters. The fraction of sp³-hybridized carbons (Fsp3) is 0.688. The Morgan fingerprint density at radius 1 is 1.40 bits per heavy atom. The number of carbonyl (C=O) groups is 1. The van der Waals surface area contributed by atoms with Crippen molar-refractivity contribution in [2.24, 2.45) is 5.41 Å². The number of rotatable bonds is 7. The highest BCUT2D eigenvalue weighted by molar-refractivity contribution is 7.33. The van der Waals surface area contributed by atoms with Gasteiger partial charge in [0.1, 0.15) is 11.7 Å². The summed E-state index contributed by atoms with van der Waals surface area (Å²) >= 11 is 0. The molecule has 3 N–H and O–H groups in total. The van der Waals surface area contributed by atoms with E-state index < -0.39 is 68.1 Å². The number of aliphatic hydroxyl groups excluding tert-OH is 1. The number of nitrogens with one attached hydrogen (secondary N) is 1. The molecular weight excluding hydrogens is 430 g/mol.